The van der Waals surface area contributed by atoms with Crippen molar-refractivity contribution in [1.29, 1.82) is 0 Å². The minimum absolute atomic E-state index is 0.0552. The average Bonchev–Trinajstić information content (AvgIpc) is 3.21. The third-order valence-corrected chi connectivity index (χ3v) is 4.61. The maximum absolute atomic E-state index is 12.7. The molecule has 2 heterocycles. The van der Waals surface area contributed by atoms with Crippen LogP contribution in [0, 0.1) is 0 Å². The molecule has 0 spiro atoms. The van der Waals surface area contributed by atoms with Gasteiger partial charge in [-0.3, -0.25) is 14.9 Å². The first-order valence-corrected chi connectivity index (χ1v) is 8.16. The molecule has 2 aliphatic heterocycles. The maximum atomic E-state index is 12.7. The monoisotopic (exact) mass is 347 g/mol. The molecule has 0 bridgehead atoms. The largest absolute Gasteiger partial charge is 0.497 e. The molecule has 2 aliphatic rings. The van der Waals surface area contributed by atoms with Gasteiger partial charge < -0.3 is 19.7 Å². The van der Waals surface area contributed by atoms with E-state index in [0.29, 0.717) is 18.0 Å². The summed E-state index contributed by atoms with van der Waals surface area (Å²) in [5.41, 5.74) is 0.882. The Morgan fingerprint density at radius 2 is 2.08 bits per heavy atom. The van der Waals surface area contributed by atoms with Crippen LogP contribution in [-0.2, 0) is 9.59 Å². The molecule has 0 aliphatic carbocycles. The highest BCUT2D eigenvalue weighted by Gasteiger charge is 2.37. The molecule has 0 unspecified atom stereocenters. The molecule has 0 aromatic heterocycles. The van der Waals surface area contributed by atoms with Gasteiger partial charge in [-0.2, -0.15) is 0 Å². The molecule has 3 rings (SSSR count). The van der Waals surface area contributed by atoms with Crippen molar-refractivity contribution in [3.8, 4) is 11.5 Å². The SMILES string of the molecule is COc1ccc(OC)c([C@H]2CCCN2C(=O)C[C@@H]2NC(=O)NC2=O)c1. The standard InChI is InChI=1S/C17H21N3O5/c1-24-10-5-6-14(25-2)11(8-10)13-4-3-7-20(13)15(21)9-12-16(22)19-17(23)18-12/h5-6,8,12-13H,3-4,7,9H2,1-2H3,(H2,18,19,22,23)/t12-,13+/m0/s1. The summed E-state index contributed by atoms with van der Waals surface area (Å²) in [6.45, 7) is 0.603. The zero-order chi connectivity index (χ0) is 18.0. The summed E-state index contributed by atoms with van der Waals surface area (Å²) in [5.74, 6) is 0.748. The van der Waals surface area contributed by atoms with E-state index in [4.69, 9.17) is 9.47 Å². The second-order valence-electron chi connectivity index (χ2n) is 6.07. The van der Waals surface area contributed by atoms with Gasteiger partial charge in [-0.15, -0.1) is 0 Å². The van der Waals surface area contributed by atoms with Crippen LogP contribution < -0.4 is 20.1 Å². The lowest BCUT2D eigenvalue weighted by molar-refractivity contribution is -0.134. The lowest BCUT2D eigenvalue weighted by Crippen LogP contribution is -2.38. The number of hydrogen-bond acceptors (Lipinski definition) is 5. The van der Waals surface area contributed by atoms with Crippen molar-refractivity contribution in [2.45, 2.75) is 31.3 Å². The Balaban J connectivity index is 1.79. The number of nitrogens with zero attached hydrogens (tertiary/aromatic N) is 1. The van der Waals surface area contributed by atoms with Crippen molar-refractivity contribution in [3.05, 3.63) is 23.8 Å². The van der Waals surface area contributed by atoms with Crippen LogP contribution >= 0.6 is 0 Å². The van der Waals surface area contributed by atoms with E-state index in [1.54, 1.807) is 19.1 Å². The third kappa shape index (κ3) is 3.38. The molecule has 25 heavy (non-hydrogen) atoms. The van der Waals surface area contributed by atoms with Gasteiger partial charge in [0.15, 0.2) is 0 Å². The number of rotatable bonds is 5. The highest BCUT2D eigenvalue weighted by Crippen LogP contribution is 2.39. The van der Waals surface area contributed by atoms with Crippen LogP contribution in [0.4, 0.5) is 4.79 Å². The minimum atomic E-state index is -0.812. The molecule has 1 aromatic carbocycles. The first kappa shape index (κ1) is 17.1. The molecule has 8 heteroatoms. The van der Waals surface area contributed by atoms with Gasteiger partial charge >= 0.3 is 6.03 Å². The molecule has 134 valence electrons. The van der Waals surface area contributed by atoms with Crippen LogP contribution in [0.1, 0.15) is 30.9 Å². The van der Waals surface area contributed by atoms with Gasteiger partial charge in [0.2, 0.25) is 5.91 Å². The van der Waals surface area contributed by atoms with Crippen molar-refractivity contribution in [2.24, 2.45) is 0 Å². The number of carbonyl (C=O) groups is 3. The van der Waals surface area contributed by atoms with E-state index < -0.39 is 18.0 Å². The fourth-order valence-electron chi connectivity index (χ4n) is 3.38. The molecular weight excluding hydrogens is 326 g/mol. The van der Waals surface area contributed by atoms with E-state index in [1.807, 2.05) is 18.2 Å². The topological polar surface area (TPSA) is 97.0 Å². The fraction of sp³-hybridized carbons (Fsp3) is 0.471. The molecule has 2 atom stereocenters. The van der Waals surface area contributed by atoms with Gasteiger partial charge in [-0.1, -0.05) is 0 Å². The third-order valence-electron chi connectivity index (χ3n) is 4.61. The summed E-state index contributed by atoms with van der Waals surface area (Å²) in [6.07, 6.45) is 1.61. The van der Waals surface area contributed by atoms with Crippen LogP contribution in [0.3, 0.4) is 0 Å². The molecular formula is C17H21N3O5. The van der Waals surface area contributed by atoms with E-state index in [0.717, 1.165) is 18.4 Å². The smallest absolute Gasteiger partial charge is 0.322 e. The Morgan fingerprint density at radius 3 is 2.72 bits per heavy atom. The van der Waals surface area contributed by atoms with Crippen LogP contribution in [-0.4, -0.2) is 49.6 Å². The van der Waals surface area contributed by atoms with Gasteiger partial charge in [-0.25, -0.2) is 4.79 Å². The summed E-state index contributed by atoms with van der Waals surface area (Å²) in [7, 11) is 3.18. The Labute approximate surface area is 145 Å². The highest BCUT2D eigenvalue weighted by molar-refractivity contribution is 6.05. The number of nitrogens with one attached hydrogen (secondary N) is 2. The normalized spacial score (nSPS) is 22.6. The molecule has 0 saturated carbocycles. The average molecular weight is 347 g/mol. The van der Waals surface area contributed by atoms with Crippen molar-refractivity contribution in [3.63, 3.8) is 0 Å². The highest BCUT2D eigenvalue weighted by atomic mass is 16.5. The number of hydrogen-bond donors (Lipinski definition) is 2. The first-order chi connectivity index (χ1) is 12.0. The van der Waals surface area contributed by atoms with Crippen LogP contribution in [0.2, 0.25) is 0 Å². The lowest BCUT2D eigenvalue weighted by atomic mass is 10.0. The van der Waals surface area contributed by atoms with E-state index >= 15 is 0 Å². The van der Waals surface area contributed by atoms with Crippen LogP contribution in [0.5, 0.6) is 11.5 Å². The molecule has 2 N–H and O–H groups in total. The summed E-state index contributed by atoms with van der Waals surface area (Å²) in [4.78, 5) is 37.3. The van der Waals surface area contributed by atoms with Gasteiger partial charge in [0, 0.05) is 12.1 Å². The zero-order valence-corrected chi connectivity index (χ0v) is 14.2. The number of urea groups is 1. The Hall–Kier alpha value is -2.77. The molecule has 0 radical (unpaired) electrons. The summed E-state index contributed by atoms with van der Waals surface area (Å²) < 4.78 is 10.7. The Kier molecular flexibility index (Phi) is 4.78. The van der Waals surface area contributed by atoms with Crippen molar-refractivity contribution < 1.29 is 23.9 Å². The number of imide groups is 1. The van der Waals surface area contributed by atoms with Crippen LogP contribution in [0.25, 0.3) is 0 Å². The molecule has 2 fully saturated rings. The van der Waals surface area contributed by atoms with Gasteiger partial charge in [0.25, 0.3) is 5.91 Å². The van der Waals surface area contributed by atoms with E-state index in [1.165, 1.54) is 0 Å². The molecule has 8 nitrogen and oxygen atoms in total. The van der Waals surface area contributed by atoms with Gasteiger partial charge in [0.05, 0.1) is 26.7 Å². The first-order valence-electron chi connectivity index (χ1n) is 8.16. The summed E-state index contributed by atoms with van der Waals surface area (Å²) in [5, 5.41) is 4.60. The number of methoxy groups -OCH3 is 2. The van der Waals surface area contributed by atoms with Crippen LogP contribution in [0.15, 0.2) is 18.2 Å². The quantitative estimate of drug-likeness (QED) is 0.774. The van der Waals surface area contributed by atoms with Gasteiger partial charge in [0.1, 0.15) is 17.5 Å². The second-order valence-corrected chi connectivity index (χ2v) is 6.07. The van der Waals surface area contributed by atoms with Crippen molar-refractivity contribution in [1.82, 2.24) is 15.5 Å². The Morgan fingerprint density at radius 1 is 1.28 bits per heavy atom. The molecule has 2 saturated heterocycles. The summed E-state index contributed by atoms with van der Waals surface area (Å²) >= 11 is 0. The van der Waals surface area contributed by atoms with E-state index in [-0.39, 0.29) is 18.4 Å². The van der Waals surface area contributed by atoms with Crippen molar-refractivity contribution >= 4 is 17.8 Å². The molecule has 1 aromatic rings. The number of amides is 4. The van der Waals surface area contributed by atoms with E-state index in [9.17, 15) is 14.4 Å². The summed E-state index contributed by atoms with van der Waals surface area (Å²) in [6, 6.07) is 3.99. The van der Waals surface area contributed by atoms with Gasteiger partial charge in [-0.05, 0) is 31.0 Å². The second kappa shape index (κ2) is 7.00. The van der Waals surface area contributed by atoms with Crippen molar-refractivity contribution in [2.75, 3.05) is 20.8 Å². The number of carbonyl (C=O) groups excluding carboxylic acids is 3. The predicted octanol–water partition coefficient (Wildman–Crippen LogP) is 0.965. The zero-order valence-electron chi connectivity index (χ0n) is 14.2. The number of likely N-dealkylation sites (tertiary alicyclic amines) is 1. The maximum Gasteiger partial charge on any atom is 0.322 e. The Bertz CT molecular complexity index is 706. The number of ether oxygens (including phenoxy) is 2. The minimum Gasteiger partial charge on any atom is -0.497 e. The number of benzene rings is 1. The fourth-order valence-corrected chi connectivity index (χ4v) is 3.38. The lowest BCUT2D eigenvalue weighted by Gasteiger charge is -2.27. The predicted molar refractivity (Wildman–Crippen MR) is 88.3 cm³/mol. The molecule has 4 amide bonds. The van der Waals surface area contributed by atoms with E-state index in [2.05, 4.69) is 10.6 Å².